The van der Waals surface area contributed by atoms with E-state index in [9.17, 15) is 14.0 Å². The summed E-state index contributed by atoms with van der Waals surface area (Å²) >= 11 is 1.67. The zero-order valence-corrected chi connectivity index (χ0v) is 19.6. The number of carbonyl (C=O) groups excluding carboxylic acids is 2. The van der Waals surface area contributed by atoms with Gasteiger partial charge in [0.1, 0.15) is 24.7 Å². The fourth-order valence-corrected chi connectivity index (χ4v) is 5.31. The molecule has 2 aromatic rings. The fraction of sp³-hybridized carbons (Fsp3) is 0.500. The normalized spacial score (nSPS) is 19.8. The molecule has 2 unspecified atom stereocenters. The highest BCUT2D eigenvalue weighted by Crippen LogP contribution is 2.34. The minimum atomic E-state index is -0.369. The first-order chi connectivity index (χ1) is 16.0. The van der Waals surface area contributed by atoms with Crippen molar-refractivity contribution in [3.05, 3.63) is 52.0 Å². The van der Waals surface area contributed by atoms with Crippen LogP contribution in [0.15, 0.2) is 35.7 Å². The Morgan fingerprint density at radius 1 is 1.36 bits per heavy atom. The standard InChI is InChI=1S/C24H30FN3O4S/c1-2-26-24(30)27(14-19-7-4-11-31-19)15-23(29)28-10-8-22-20(9-12-33-22)21(28)16-32-18-6-3-5-17(25)13-18/h3,5-6,9,12-13,19,21H,2,4,7-8,10-11,14-16H2,1H3,(H,26,30). The molecular formula is C24H30FN3O4S. The molecule has 0 aliphatic carbocycles. The average molecular weight is 476 g/mol. The molecule has 2 atom stereocenters. The van der Waals surface area contributed by atoms with Crippen molar-refractivity contribution in [3.8, 4) is 5.75 Å². The van der Waals surface area contributed by atoms with Crippen molar-refractivity contribution in [1.82, 2.24) is 15.1 Å². The third-order valence-electron chi connectivity index (χ3n) is 6.01. The van der Waals surface area contributed by atoms with E-state index in [2.05, 4.69) is 5.32 Å². The van der Waals surface area contributed by atoms with Crippen molar-refractivity contribution in [1.29, 1.82) is 0 Å². The number of carbonyl (C=O) groups is 2. The molecule has 1 fully saturated rings. The summed E-state index contributed by atoms with van der Waals surface area (Å²) < 4.78 is 25.2. The van der Waals surface area contributed by atoms with E-state index in [-0.39, 0.29) is 43.1 Å². The molecule has 2 aliphatic heterocycles. The lowest BCUT2D eigenvalue weighted by atomic mass is 10.0. The van der Waals surface area contributed by atoms with Gasteiger partial charge in [0.15, 0.2) is 0 Å². The van der Waals surface area contributed by atoms with Crippen molar-refractivity contribution >= 4 is 23.3 Å². The first-order valence-electron chi connectivity index (χ1n) is 11.4. The Labute approximate surface area is 197 Å². The number of hydrogen-bond acceptors (Lipinski definition) is 5. The summed E-state index contributed by atoms with van der Waals surface area (Å²) in [5.74, 6) is -0.0805. The average Bonchev–Trinajstić information content (AvgIpc) is 3.49. The van der Waals surface area contributed by atoms with Crippen LogP contribution in [0.1, 0.15) is 36.2 Å². The minimum absolute atomic E-state index is 0.0262. The molecule has 1 aromatic carbocycles. The highest BCUT2D eigenvalue weighted by atomic mass is 32.1. The van der Waals surface area contributed by atoms with Crippen LogP contribution in [0, 0.1) is 5.82 Å². The molecular weight excluding hydrogens is 445 g/mol. The molecule has 3 amide bonds. The number of benzene rings is 1. The minimum Gasteiger partial charge on any atom is -0.491 e. The molecule has 178 valence electrons. The van der Waals surface area contributed by atoms with Crippen molar-refractivity contribution < 1.29 is 23.5 Å². The molecule has 33 heavy (non-hydrogen) atoms. The van der Waals surface area contributed by atoms with Gasteiger partial charge >= 0.3 is 6.03 Å². The van der Waals surface area contributed by atoms with Crippen LogP contribution in [0.3, 0.4) is 0 Å². The van der Waals surface area contributed by atoms with E-state index < -0.39 is 0 Å². The molecule has 0 bridgehead atoms. The monoisotopic (exact) mass is 475 g/mol. The first-order valence-corrected chi connectivity index (χ1v) is 12.3. The number of ether oxygens (including phenoxy) is 2. The first kappa shape index (κ1) is 23.5. The van der Waals surface area contributed by atoms with Gasteiger partial charge in [0.25, 0.3) is 0 Å². The van der Waals surface area contributed by atoms with Crippen LogP contribution in [-0.4, -0.2) is 67.2 Å². The topological polar surface area (TPSA) is 71.1 Å². The number of thiophene rings is 1. The Hall–Kier alpha value is -2.65. The largest absolute Gasteiger partial charge is 0.491 e. The van der Waals surface area contributed by atoms with Crippen LogP contribution in [0.4, 0.5) is 9.18 Å². The molecule has 1 aromatic heterocycles. The van der Waals surface area contributed by atoms with Gasteiger partial charge in [-0.2, -0.15) is 0 Å². The van der Waals surface area contributed by atoms with Crippen molar-refractivity contribution in [3.63, 3.8) is 0 Å². The Morgan fingerprint density at radius 2 is 2.24 bits per heavy atom. The van der Waals surface area contributed by atoms with Gasteiger partial charge in [0.2, 0.25) is 5.91 Å². The second kappa shape index (κ2) is 11.0. The molecule has 4 rings (SSSR count). The number of rotatable bonds is 8. The number of urea groups is 1. The van der Waals surface area contributed by atoms with Crippen molar-refractivity contribution in [2.45, 2.75) is 38.3 Å². The molecule has 9 heteroatoms. The molecule has 3 heterocycles. The van der Waals surface area contributed by atoms with Gasteiger partial charge in [-0.1, -0.05) is 6.07 Å². The van der Waals surface area contributed by atoms with E-state index in [1.807, 2.05) is 18.4 Å². The molecule has 7 nitrogen and oxygen atoms in total. The predicted octanol–water partition coefficient (Wildman–Crippen LogP) is 3.60. The van der Waals surface area contributed by atoms with E-state index in [0.717, 1.165) is 24.8 Å². The van der Waals surface area contributed by atoms with Crippen LogP contribution in [0.25, 0.3) is 0 Å². The molecule has 0 radical (unpaired) electrons. The summed E-state index contributed by atoms with van der Waals surface area (Å²) in [6.07, 6.45) is 2.57. The Bertz CT molecular complexity index is 963. The molecule has 0 saturated carbocycles. The third kappa shape index (κ3) is 5.83. The van der Waals surface area contributed by atoms with Crippen LogP contribution < -0.4 is 10.1 Å². The van der Waals surface area contributed by atoms with E-state index in [4.69, 9.17) is 9.47 Å². The molecule has 0 spiro atoms. The second-order valence-electron chi connectivity index (χ2n) is 8.27. The van der Waals surface area contributed by atoms with Crippen molar-refractivity contribution in [2.75, 3.05) is 39.4 Å². The summed E-state index contributed by atoms with van der Waals surface area (Å²) in [4.78, 5) is 30.7. The third-order valence-corrected chi connectivity index (χ3v) is 7.01. The van der Waals surface area contributed by atoms with E-state index in [1.165, 1.54) is 17.0 Å². The SMILES string of the molecule is CCNC(=O)N(CC(=O)N1CCc2sccc2C1COc1cccc(F)c1)CC1CCCO1. The van der Waals surface area contributed by atoms with Crippen LogP contribution in [0.2, 0.25) is 0 Å². The lowest BCUT2D eigenvalue weighted by Crippen LogP contribution is -2.51. The summed E-state index contributed by atoms with van der Waals surface area (Å²) in [6.45, 7) is 4.15. The maximum Gasteiger partial charge on any atom is 0.317 e. The molecule has 1 saturated heterocycles. The number of nitrogens with one attached hydrogen (secondary N) is 1. The maximum absolute atomic E-state index is 13.6. The van der Waals surface area contributed by atoms with Crippen LogP contribution in [-0.2, 0) is 16.0 Å². The maximum atomic E-state index is 13.6. The number of fused-ring (bicyclic) bond motifs is 1. The number of nitrogens with zero attached hydrogens (tertiary/aromatic N) is 2. The Morgan fingerprint density at radius 3 is 3.00 bits per heavy atom. The summed E-state index contributed by atoms with van der Waals surface area (Å²) in [7, 11) is 0. The Kier molecular flexibility index (Phi) is 7.82. The van der Waals surface area contributed by atoms with Gasteiger partial charge in [0, 0.05) is 37.2 Å². The zero-order chi connectivity index (χ0) is 23.2. The van der Waals surface area contributed by atoms with Crippen molar-refractivity contribution in [2.24, 2.45) is 0 Å². The number of halogens is 1. The van der Waals surface area contributed by atoms with Crippen LogP contribution in [0.5, 0.6) is 5.75 Å². The highest BCUT2D eigenvalue weighted by Gasteiger charge is 2.34. The van der Waals surface area contributed by atoms with Gasteiger partial charge in [-0.15, -0.1) is 11.3 Å². The molecule has 1 N–H and O–H groups in total. The zero-order valence-electron chi connectivity index (χ0n) is 18.8. The number of hydrogen-bond donors (Lipinski definition) is 1. The highest BCUT2D eigenvalue weighted by molar-refractivity contribution is 7.10. The lowest BCUT2D eigenvalue weighted by Gasteiger charge is -2.37. The van der Waals surface area contributed by atoms with E-state index in [1.54, 1.807) is 33.3 Å². The fourth-order valence-electron chi connectivity index (χ4n) is 4.38. The molecule has 2 aliphatic rings. The summed E-state index contributed by atoms with van der Waals surface area (Å²) in [6, 6.07) is 7.46. The van der Waals surface area contributed by atoms with Gasteiger partial charge in [-0.3, -0.25) is 4.79 Å². The van der Waals surface area contributed by atoms with Gasteiger partial charge < -0.3 is 24.6 Å². The summed E-state index contributed by atoms with van der Waals surface area (Å²) in [5.41, 5.74) is 1.06. The van der Waals surface area contributed by atoms with E-state index in [0.29, 0.717) is 32.0 Å². The summed E-state index contributed by atoms with van der Waals surface area (Å²) in [5, 5.41) is 4.82. The van der Waals surface area contributed by atoms with E-state index >= 15 is 0 Å². The van der Waals surface area contributed by atoms with Gasteiger partial charge in [-0.05, 0) is 55.3 Å². The van der Waals surface area contributed by atoms with Crippen LogP contribution >= 0.6 is 11.3 Å². The predicted molar refractivity (Wildman–Crippen MR) is 124 cm³/mol. The lowest BCUT2D eigenvalue weighted by molar-refractivity contribution is -0.135. The second-order valence-corrected chi connectivity index (χ2v) is 9.27. The van der Waals surface area contributed by atoms with Gasteiger partial charge in [0.05, 0.1) is 12.1 Å². The Balaban J connectivity index is 1.48. The smallest absolute Gasteiger partial charge is 0.317 e. The quantitative estimate of drug-likeness (QED) is 0.633. The van der Waals surface area contributed by atoms with Gasteiger partial charge in [-0.25, -0.2) is 9.18 Å². The number of amides is 3.